The van der Waals surface area contributed by atoms with Crippen LogP contribution in [0.25, 0.3) is 0 Å². The lowest BCUT2D eigenvalue weighted by atomic mass is 9.90. The first-order valence-corrected chi connectivity index (χ1v) is 6.52. The van der Waals surface area contributed by atoms with Crippen LogP contribution in [-0.2, 0) is 11.2 Å². The Morgan fingerprint density at radius 2 is 1.94 bits per heavy atom. The average Bonchev–Trinajstić information content (AvgIpc) is 2.37. The van der Waals surface area contributed by atoms with Crippen LogP contribution in [0.1, 0.15) is 32.8 Å². The monoisotopic (exact) mass is 248 g/mol. The summed E-state index contributed by atoms with van der Waals surface area (Å²) < 4.78 is 0. The van der Waals surface area contributed by atoms with Crippen LogP contribution in [0, 0.1) is 5.41 Å². The van der Waals surface area contributed by atoms with Gasteiger partial charge in [0.1, 0.15) is 0 Å². The van der Waals surface area contributed by atoms with Crippen molar-refractivity contribution in [1.82, 2.24) is 5.32 Å². The zero-order valence-corrected chi connectivity index (χ0v) is 11.6. The fourth-order valence-corrected chi connectivity index (χ4v) is 1.54. The van der Waals surface area contributed by atoms with Crippen molar-refractivity contribution in [2.24, 2.45) is 11.1 Å². The summed E-state index contributed by atoms with van der Waals surface area (Å²) in [6.07, 6.45) is 1.61. The molecule has 0 aliphatic rings. The predicted octanol–water partition coefficient (Wildman–Crippen LogP) is 2.11. The van der Waals surface area contributed by atoms with Crippen LogP contribution < -0.4 is 11.1 Å². The molecule has 0 fully saturated rings. The standard InChI is InChI=1S/C15H24N2O/c1-4-15(2,3)11-17-14(18)13(16)10-12-8-6-5-7-9-12/h5-9,13H,4,10-11,16H2,1-3H3,(H,17,18)/t13-/m0/s1. The van der Waals surface area contributed by atoms with Crippen molar-refractivity contribution < 1.29 is 4.79 Å². The molecule has 0 saturated carbocycles. The molecule has 0 unspecified atom stereocenters. The summed E-state index contributed by atoms with van der Waals surface area (Å²) in [6.45, 7) is 7.06. The zero-order valence-electron chi connectivity index (χ0n) is 11.6. The number of benzene rings is 1. The SMILES string of the molecule is CCC(C)(C)CNC(=O)[C@@H](N)Cc1ccccc1. The van der Waals surface area contributed by atoms with Crippen LogP contribution in [0.5, 0.6) is 0 Å². The van der Waals surface area contributed by atoms with Crippen molar-refractivity contribution in [1.29, 1.82) is 0 Å². The van der Waals surface area contributed by atoms with Crippen LogP contribution in [0.2, 0.25) is 0 Å². The summed E-state index contributed by atoms with van der Waals surface area (Å²) in [5.74, 6) is -0.0691. The van der Waals surface area contributed by atoms with Gasteiger partial charge in [0.15, 0.2) is 0 Å². The smallest absolute Gasteiger partial charge is 0.237 e. The first-order valence-electron chi connectivity index (χ1n) is 6.52. The second-order valence-corrected chi connectivity index (χ2v) is 5.53. The Labute approximate surface area is 110 Å². The summed E-state index contributed by atoms with van der Waals surface area (Å²) >= 11 is 0. The van der Waals surface area contributed by atoms with E-state index >= 15 is 0 Å². The first-order chi connectivity index (χ1) is 8.44. The molecule has 1 aromatic carbocycles. The highest BCUT2D eigenvalue weighted by Crippen LogP contribution is 2.17. The number of amides is 1. The van der Waals surface area contributed by atoms with E-state index in [0.29, 0.717) is 13.0 Å². The molecule has 100 valence electrons. The van der Waals surface area contributed by atoms with E-state index < -0.39 is 6.04 Å². The minimum absolute atomic E-state index is 0.0691. The van der Waals surface area contributed by atoms with Crippen LogP contribution in [-0.4, -0.2) is 18.5 Å². The number of carbonyl (C=O) groups is 1. The molecular formula is C15H24N2O. The summed E-state index contributed by atoms with van der Waals surface area (Å²) in [5.41, 5.74) is 7.13. The van der Waals surface area contributed by atoms with Crippen molar-refractivity contribution in [3.8, 4) is 0 Å². The molecule has 3 heteroatoms. The van der Waals surface area contributed by atoms with Crippen molar-refractivity contribution in [3.63, 3.8) is 0 Å². The highest BCUT2D eigenvalue weighted by atomic mass is 16.2. The van der Waals surface area contributed by atoms with Crippen molar-refractivity contribution in [2.75, 3.05) is 6.54 Å². The minimum atomic E-state index is -0.472. The van der Waals surface area contributed by atoms with E-state index in [9.17, 15) is 4.79 Å². The van der Waals surface area contributed by atoms with E-state index in [4.69, 9.17) is 5.73 Å². The van der Waals surface area contributed by atoms with Gasteiger partial charge in [0.25, 0.3) is 0 Å². The normalized spacial score (nSPS) is 13.1. The second-order valence-electron chi connectivity index (χ2n) is 5.53. The third kappa shape index (κ3) is 4.88. The zero-order chi connectivity index (χ0) is 13.6. The molecule has 0 heterocycles. The van der Waals surface area contributed by atoms with Gasteiger partial charge in [-0.3, -0.25) is 4.79 Å². The molecule has 1 rings (SSSR count). The molecule has 0 radical (unpaired) electrons. The maximum Gasteiger partial charge on any atom is 0.237 e. The predicted molar refractivity (Wildman–Crippen MR) is 75.2 cm³/mol. The van der Waals surface area contributed by atoms with Crippen LogP contribution in [0.3, 0.4) is 0 Å². The Bertz CT molecular complexity index is 373. The van der Waals surface area contributed by atoms with E-state index in [1.54, 1.807) is 0 Å². The molecule has 1 atom stereocenters. The largest absolute Gasteiger partial charge is 0.354 e. The topological polar surface area (TPSA) is 55.1 Å². The molecule has 0 aromatic heterocycles. The van der Waals surface area contributed by atoms with Crippen LogP contribution in [0.4, 0.5) is 0 Å². The van der Waals surface area contributed by atoms with E-state index in [2.05, 4.69) is 26.1 Å². The van der Waals surface area contributed by atoms with Crippen molar-refractivity contribution in [3.05, 3.63) is 35.9 Å². The number of hydrogen-bond acceptors (Lipinski definition) is 2. The summed E-state index contributed by atoms with van der Waals surface area (Å²) in [7, 11) is 0. The molecule has 0 spiro atoms. The van der Waals surface area contributed by atoms with E-state index in [0.717, 1.165) is 12.0 Å². The third-order valence-electron chi connectivity index (χ3n) is 3.33. The van der Waals surface area contributed by atoms with Gasteiger partial charge >= 0.3 is 0 Å². The highest BCUT2D eigenvalue weighted by Gasteiger charge is 2.19. The summed E-state index contributed by atoms with van der Waals surface area (Å²) in [4.78, 5) is 11.9. The fourth-order valence-electron chi connectivity index (χ4n) is 1.54. The number of hydrogen-bond donors (Lipinski definition) is 2. The Morgan fingerprint density at radius 3 is 2.50 bits per heavy atom. The molecule has 1 amide bonds. The molecule has 3 nitrogen and oxygen atoms in total. The maximum absolute atomic E-state index is 11.9. The molecule has 18 heavy (non-hydrogen) atoms. The maximum atomic E-state index is 11.9. The molecular weight excluding hydrogens is 224 g/mol. The molecule has 3 N–H and O–H groups in total. The molecule has 0 aliphatic heterocycles. The third-order valence-corrected chi connectivity index (χ3v) is 3.33. The van der Waals surface area contributed by atoms with Gasteiger partial charge in [0.05, 0.1) is 6.04 Å². The highest BCUT2D eigenvalue weighted by molar-refractivity contribution is 5.81. The molecule has 0 aliphatic carbocycles. The Kier molecular flexibility index (Phi) is 5.35. The quantitative estimate of drug-likeness (QED) is 0.810. The summed E-state index contributed by atoms with van der Waals surface area (Å²) in [5, 5.41) is 2.93. The Balaban J connectivity index is 2.43. The fraction of sp³-hybridized carbons (Fsp3) is 0.533. The lowest BCUT2D eigenvalue weighted by molar-refractivity contribution is -0.122. The van der Waals surface area contributed by atoms with Gasteiger partial charge in [-0.1, -0.05) is 51.1 Å². The number of carbonyl (C=O) groups excluding carboxylic acids is 1. The lowest BCUT2D eigenvalue weighted by Gasteiger charge is -2.24. The van der Waals surface area contributed by atoms with Gasteiger partial charge in [-0.2, -0.15) is 0 Å². The van der Waals surface area contributed by atoms with Gasteiger partial charge in [0.2, 0.25) is 5.91 Å². The lowest BCUT2D eigenvalue weighted by Crippen LogP contribution is -2.45. The van der Waals surface area contributed by atoms with Crippen molar-refractivity contribution >= 4 is 5.91 Å². The van der Waals surface area contributed by atoms with Gasteiger partial charge in [-0.15, -0.1) is 0 Å². The molecule has 0 bridgehead atoms. The van der Waals surface area contributed by atoms with Crippen LogP contribution >= 0.6 is 0 Å². The van der Waals surface area contributed by atoms with E-state index in [1.165, 1.54) is 0 Å². The second kappa shape index (κ2) is 6.55. The summed E-state index contributed by atoms with van der Waals surface area (Å²) in [6, 6.07) is 9.38. The number of rotatable bonds is 6. The Morgan fingerprint density at radius 1 is 1.33 bits per heavy atom. The first kappa shape index (κ1) is 14.7. The van der Waals surface area contributed by atoms with E-state index in [-0.39, 0.29) is 11.3 Å². The van der Waals surface area contributed by atoms with Crippen LogP contribution in [0.15, 0.2) is 30.3 Å². The molecule has 0 saturated heterocycles. The van der Waals surface area contributed by atoms with Crippen molar-refractivity contribution in [2.45, 2.75) is 39.7 Å². The average molecular weight is 248 g/mol. The van der Waals surface area contributed by atoms with Gasteiger partial charge in [-0.05, 0) is 23.8 Å². The van der Waals surface area contributed by atoms with E-state index in [1.807, 2.05) is 30.3 Å². The van der Waals surface area contributed by atoms with Gasteiger partial charge in [0, 0.05) is 6.54 Å². The Hall–Kier alpha value is -1.35. The number of nitrogens with two attached hydrogens (primary N) is 1. The minimum Gasteiger partial charge on any atom is -0.354 e. The number of nitrogens with one attached hydrogen (secondary N) is 1. The van der Waals surface area contributed by atoms with Gasteiger partial charge in [-0.25, -0.2) is 0 Å². The van der Waals surface area contributed by atoms with Gasteiger partial charge < -0.3 is 11.1 Å². The molecule has 1 aromatic rings.